The van der Waals surface area contributed by atoms with Crippen LogP contribution in [0.25, 0.3) is 16.7 Å². The van der Waals surface area contributed by atoms with Crippen molar-refractivity contribution in [1.29, 1.82) is 0 Å². The summed E-state index contributed by atoms with van der Waals surface area (Å²) in [6.45, 7) is 7.24. The highest BCUT2D eigenvalue weighted by Gasteiger charge is 2.19. The molecule has 1 aliphatic rings. The number of likely N-dealkylation sites (N-methyl/N-ethyl adjacent to an activating group) is 1. The van der Waals surface area contributed by atoms with Gasteiger partial charge in [-0.1, -0.05) is 6.58 Å². The lowest BCUT2D eigenvalue weighted by Gasteiger charge is -2.32. The summed E-state index contributed by atoms with van der Waals surface area (Å²) in [6, 6.07) is 9.63. The van der Waals surface area contributed by atoms with Crippen molar-refractivity contribution < 1.29 is 4.79 Å². The second-order valence-corrected chi connectivity index (χ2v) is 6.65. The fourth-order valence-corrected chi connectivity index (χ4v) is 3.19. The van der Waals surface area contributed by atoms with Gasteiger partial charge in [0.25, 0.3) is 0 Å². The van der Waals surface area contributed by atoms with Gasteiger partial charge in [0.2, 0.25) is 11.9 Å². The molecule has 2 aromatic heterocycles. The van der Waals surface area contributed by atoms with Crippen molar-refractivity contribution in [1.82, 2.24) is 19.4 Å². The number of carbonyl (C=O) groups is 1. The third-order valence-electron chi connectivity index (χ3n) is 4.75. The zero-order valence-corrected chi connectivity index (χ0v) is 15.3. The average molecular weight is 362 g/mol. The summed E-state index contributed by atoms with van der Waals surface area (Å²) in [5.41, 5.74) is 1.48. The molecule has 3 aromatic rings. The second kappa shape index (κ2) is 7.20. The van der Waals surface area contributed by atoms with Gasteiger partial charge in [-0.05, 0) is 43.5 Å². The Labute approximate surface area is 157 Å². The summed E-state index contributed by atoms with van der Waals surface area (Å²) in [7, 11) is 2.12. The minimum absolute atomic E-state index is 0.242. The van der Waals surface area contributed by atoms with E-state index in [0.29, 0.717) is 11.6 Å². The molecule has 0 atom stereocenters. The van der Waals surface area contributed by atoms with E-state index in [9.17, 15) is 4.79 Å². The van der Waals surface area contributed by atoms with Crippen molar-refractivity contribution in [3.8, 4) is 5.82 Å². The first-order chi connectivity index (χ1) is 13.1. The molecule has 1 amide bonds. The van der Waals surface area contributed by atoms with E-state index in [1.807, 2.05) is 47.3 Å². The summed E-state index contributed by atoms with van der Waals surface area (Å²) >= 11 is 0. The van der Waals surface area contributed by atoms with Gasteiger partial charge in [-0.15, -0.1) is 0 Å². The largest absolute Gasteiger partial charge is 0.338 e. The number of anilines is 2. The lowest BCUT2D eigenvalue weighted by Crippen LogP contribution is -2.45. The van der Waals surface area contributed by atoms with Crippen LogP contribution >= 0.6 is 0 Å². The minimum atomic E-state index is -0.242. The number of hydrogen-bond donors (Lipinski definition) is 1. The topological polar surface area (TPSA) is 66.3 Å². The third kappa shape index (κ3) is 3.54. The monoisotopic (exact) mass is 362 g/mol. The summed E-state index contributed by atoms with van der Waals surface area (Å²) in [4.78, 5) is 25.8. The van der Waals surface area contributed by atoms with Gasteiger partial charge in [0.1, 0.15) is 5.82 Å². The molecule has 0 saturated carbocycles. The van der Waals surface area contributed by atoms with Crippen molar-refractivity contribution in [2.75, 3.05) is 43.4 Å². The van der Waals surface area contributed by atoms with Crippen LogP contribution in [0.3, 0.4) is 0 Å². The molecular formula is C20H22N6O. The second-order valence-electron chi connectivity index (χ2n) is 6.65. The Morgan fingerprint density at radius 3 is 2.59 bits per heavy atom. The Hall–Kier alpha value is -3.19. The van der Waals surface area contributed by atoms with Crippen LogP contribution in [0.4, 0.5) is 11.6 Å². The molecule has 7 heteroatoms. The molecule has 1 saturated heterocycles. The van der Waals surface area contributed by atoms with E-state index in [-0.39, 0.29) is 5.91 Å². The SMILES string of the molecule is C=CC(=O)Nc1ccc2c(-n3cccc3)nc(N3CCN(C)CC3)nc2c1. The highest BCUT2D eigenvalue weighted by molar-refractivity contribution is 6.00. The fraction of sp³-hybridized carbons (Fsp3) is 0.250. The normalized spacial score (nSPS) is 15.1. The zero-order valence-electron chi connectivity index (χ0n) is 15.3. The molecule has 1 aliphatic heterocycles. The van der Waals surface area contributed by atoms with Crippen LogP contribution in [0.15, 0.2) is 55.4 Å². The van der Waals surface area contributed by atoms with Gasteiger partial charge in [-0.25, -0.2) is 4.98 Å². The molecule has 1 fully saturated rings. The standard InChI is InChI=1S/C20H22N6O/c1-3-18(27)21-15-6-7-16-17(14-15)22-20(26-12-10-24(2)11-13-26)23-19(16)25-8-4-5-9-25/h3-9,14H,1,10-13H2,2H3,(H,21,27). The molecule has 1 N–H and O–H groups in total. The number of piperazine rings is 1. The number of nitrogens with one attached hydrogen (secondary N) is 1. The van der Waals surface area contributed by atoms with Crippen LogP contribution in [-0.4, -0.2) is 58.6 Å². The number of aromatic nitrogens is 3. The summed E-state index contributed by atoms with van der Waals surface area (Å²) in [6.07, 6.45) is 5.21. The number of amides is 1. The molecule has 7 nitrogen and oxygen atoms in total. The maximum atomic E-state index is 11.6. The Kier molecular flexibility index (Phi) is 4.60. The van der Waals surface area contributed by atoms with E-state index in [1.54, 1.807) is 0 Å². The van der Waals surface area contributed by atoms with Crippen molar-refractivity contribution in [3.63, 3.8) is 0 Å². The van der Waals surface area contributed by atoms with Crippen LogP contribution in [0.5, 0.6) is 0 Å². The van der Waals surface area contributed by atoms with E-state index in [2.05, 4.69) is 28.7 Å². The Morgan fingerprint density at radius 1 is 1.15 bits per heavy atom. The predicted molar refractivity (Wildman–Crippen MR) is 107 cm³/mol. The molecular weight excluding hydrogens is 340 g/mol. The van der Waals surface area contributed by atoms with Gasteiger partial charge in [0.15, 0.2) is 0 Å². The van der Waals surface area contributed by atoms with Gasteiger partial charge >= 0.3 is 0 Å². The number of nitrogens with zero attached hydrogens (tertiary/aromatic N) is 5. The fourth-order valence-electron chi connectivity index (χ4n) is 3.19. The maximum absolute atomic E-state index is 11.6. The Morgan fingerprint density at radius 2 is 1.89 bits per heavy atom. The molecule has 0 unspecified atom stereocenters. The number of benzene rings is 1. The first-order valence-electron chi connectivity index (χ1n) is 8.96. The van der Waals surface area contributed by atoms with Crippen molar-refractivity contribution in [2.24, 2.45) is 0 Å². The number of carbonyl (C=O) groups excluding carboxylic acids is 1. The molecule has 0 spiro atoms. The first-order valence-corrected chi connectivity index (χ1v) is 8.96. The zero-order chi connectivity index (χ0) is 18.8. The van der Waals surface area contributed by atoms with Gasteiger partial charge in [0, 0.05) is 49.6 Å². The number of fused-ring (bicyclic) bond motifs is 1. The summed E-state index contributed by atoms with van der Waals surface area (Å²) in [5, 5.41) is 3.73. The quantitative estimate of drug-likeness (QED) is 0.722. The van der Waals surface area contributed by atoms with E-state index in [1.165, 1.54) is 6.08 Å². The predicted octanol–water partition coefficient (Wildman–Crippen LogP) is 2.30. The van der Waals surface area contributed by atoms with Gasteiger partial charge in [-0.3, -0.25) is 4.79 Å². The summed E-state index contributed by atoms with van der Waals surface area (Å²) in [5.74, 6) is 1.31. The van der Waals surface area contributed by atoms with Crippen LogP contribution in [0.1, 0.15) is 0 Å². The lowest BCUT2D eigenvalue weighted by molar-refractivity contribution is -0.111. The molecule has 138 valence electrons. The van der Waals surface area contributed by atoms with Crippen molar-refractivity contribution in [3.05, 3.63) is 55.4 Å². The van der Waals surface area contributed by atoms with Crippen molar-refractivity contribution in [2.45, 2.75) is 0 Å². The van der Waals surface area contributed by atoms with Crippen LogP contribution in [0.2, 0.25) is 0 Å². The van der Waals surface area contributed by atoms with Crippen LogP contribution in [-0.2, 0) is 4.79 Å². The number of hydrogen-bond acceptors (Lipinski definition) is 5. The van der Waals surface area contributed by atoms with Gasteiger partial charge < -0.3 is 19.7 Å². The molecule has 1 aromatic carbocycles. The molecule has 4 rings (SSSR count). The van der Waals surface area contributed by atoms with Crippen LogP contribution in [0, 0.1) is 0 Å². The highest BCUT2D eigenvalue weighted by atomic mass is 16.1. The van der Waals surface area contributed by atoms with Gasteiger partial charge in [-0.2, -0.15) is 4.98 Å². The van der Waals surface area contributed by atoms with E-state index in [0.717, 1.165) is 42.9 Å². The van der Waals surface area contributed by atoms with Gasteiger partial charge in [0.05, 0.1) is 5.52 Å². The highest BCUT2D eigenvalue weighted by Crippen LogP contribution is 2.26. The lowest BCUT2D eigenvalue weighted by atomic mass is 10.2. The Bertz CT molecular complexity index is 974. The molecule has 0 aliphatic carbocycles. The minimum Gasteiger partial charge on any atom is -0.338 e. The van der Waals surface area contributed by atoms with E-state index < -0.39 is 0 Å². The number of rotatable bonds is 4. The maximum Gasteiger partial charge on any atom is 0.247 e. The summed E-state index contributed by atoms with van der Waals surface area (Å²) < 4.78 is 1.99. The smallest absolute Gasteiger partial charge is 0.247 e. The average Bonchev–Trinajstić information content (AvgIpc) is 3.22. The molecule has 3 heterocycles. The molecule has 0 radical (unpaired) electrons. The molecule has 0 bridgehead atoms. The van der Waals surface area contributed by atoms with E-state index in [4.69, 9.17) is 9.97 Å². The Balaban J connectivity index is 1.81. The molecule has 27 heavy (non-hydrogen) atoms. The van der Waals surface area contributed by atoms with Crippen molar-refractivity contribution >= 4 is 28.4 Å². The van der Waals surface area contributed by atoms with Crippen LogP contribution < -0.4 is 10.2 Å². The third-order valence-corrected chi connectivity index (χ3v) is 4.75. The first kappa shape index (κ1) is 17.2. The van der Waals surface area contributed by atoms with E-state index >= 15 is 0 Å².